The molecule has 0 spiro atoms. The van der Waals surface area contributed by atoms with Gasteiger partial charge in [-0.3, -0.25) is 14.7 Å². The molecule has 132 valence electrons. The van der Waals surface area contributed by atoms with E-state index in [-0.39, 0.29) is 6.04 Å². The topological polar surface area (TPSA) is 53.4 Å². The summed E-state index contributed by atoms with van der Waals surface area (Å²) >= 11 is 6.23. The molecule has 1 saturated heterocycles. The van der Waals surface area contributed by atoms with Gasteiger partial charge in [-0.1, -0.05) is 35.9 Å². The van der Waals surface area contributed by atoms with Gasteiger partial charge in [0.15, 0.2) is 0 Å². The summed E-state index contributed by atoms with van der Waals surface area (Å²) < 4.78 is 0. The van der Waals surface area contributed by atoms with Crippen molar-refractivity contribution in [2.45, 2.75) is 24.9 Å². The predicted molar refractivity (Wildman–Crippen MR) is 102 cm³/mol. The third-order valence-electron chi connectivity index (χ3n) is 5.06. The highest BCUT2D eigenvalue weighted by molar-refractivity contribution is 6.30. The van der Waals surface area contributed by atoms with Gasteiger partial charge in [-0.05, 0) is 53.6 Å². The van der Waals surface area contributed by atoms with Crippen LogP contribution in [-0.2, 0) is 4.79 Å². The Morgan fingerprint density at radius 1 is 1.15 bits per heavy atom. The fraction of sp³-hybridized carbons (Fsp3) is 0.238. The van der Waals surface area contributed by atoms with E-state index in [1.165, 1.54) is 0 Å². The van der Waals surface area contributed by atoms with Crippen molar-refractivity contribution in [1.82, 2.24) is 9.88 Å². The normalized spacial score (nSPS) is 18.9. The molecule has 0 bridgehead atoms. The van der Waals surface area contributed by atoms with E-state index in [1.807, 2.05) is 42.6 Å². The number of carboxylic acids is 1. The number of nitrogens with zero attached hydrogens (tertiary/aromatic N) is 2. The number of hydrogen-bond acceptors (Lipinski definition) is 3. The minimum atomic E-state index is -0.764. The summed E-state index contributed by atoms with van der Waals surface area (Å²) in [5, 5.41) is 12.5. The Morgan fingerprint density at radius 2 is 2.00 bits per heavy atom. The first kappa shape index (κ1) is 17.0. The minimum Gasteiger partial charge on any atom is -0.480 e. The second-order valence-corrected chi connectivity index (χ2v) is 7.11. The van der Waals surface area contributed by atoms with Crippen molar-refractivity contribution >= 4 is 28.3 Å². The summed E-state index contributed by atoms with van der Waals surface area (Å²) in [6.45, 7) is 0.753. The molecule has 2 aromatic carbocycles. The number of fused-ring (bicyclic) bond motifs is 1. The summed E-state index contributed by atoms with van der Waals surface area (Å²) in [7, 11) is 0. The lowest BCUT2D eigenvalue weighted by Gasteiger charge is -2.32. The second-order valence-electron chi connectivity index (χ2n) is 6.67. The smallest absolute Gasteiger partial charge is 0.320 e. The molecule has 1 N–H and O–H groups in total. The van der Waals surface area contributed by atoms with Gasteiger partial charge in [-0.15, -0.1) is 0 Å². The molecule has 0 aliphatic carbocycles. The van der Waals surface area contributed by atoms with Gasteiger partial charge < -0.3 is 5.11 Å². The molecule has 1 aliphatic rings. The summed E-state index contributed by atoms with van der Waals surface area (Å²) in [5.41, 5.74) is 2.08. The predicted octanol–water partition coefficient (Wildman–Crippen LogP) is 4.53. The molecule has 2 atom stereocenters. The molecular weight excluding hydrogens is 348 g/mol. The quantitative estimate of drug-likeness (QED) is 0.737. The van der Waals surface area contributed by atoms with Gasteiger partial charge in [0.05, 0.1) is 6.04 Å². The maximum Gasteiger partial charge on any atom is 0.320 e. The molecule has 0 radical (unpaired) electrons. The zero-order valence-corrected chi connectivity index (χ0v) is 14.9. The zero-order chi connectivity index (χ0) is 18.1. The van der Waals surface area contributed by atoms with Crippen LogP contribution < -0.4 is 0 Å². The van der Waals surface area contributed by atoms with E-state index in [1.54, 1.807) is 6.20 Å². The van der Waals surface area contributed by atoms with Crippen LogP contribution in [0.2, 0.25) is 5.02 Å². The summed E-state index contributed by atoms with van der Waals surface area (Å²) in [6.07, 6.45) is 5.16. The van der Waals surface area contributed by atoms with E-state index in [2.05, 4.69) is 22.0 Å². The standard InChI is InChI=1S/C21H19ClN2O2/c22-18-4-1-3-15(12-18)20(24-10-2-5-19(24)21(25)26)16-6-7-17-13-23-9-8-14(17)11-16/h1,3-4,6-9,11-13,19-20H,2,5,10H2,(H,25,26). The van der Waals surface area contributed by atoms with E-state index in [4.69, 9.17) is 11.6 Å². The van der Waals surface area contributed by atoms with E-state index < -0.39 is 12.0 Å². The van der Waals surface area contributed by atoms with Gasteiger partial charge in [-0.25, -0.2) is 0 Å². The van der Waals surface area contributed by atoms with Gasteiger partial charge in [0.2, 0.25) is 0 Å². The largest absolute Gasteiger partial charge is 0.480 e. The van der Waals surface area contributed by atoms with Crippen LogP contribution in [-0.4, -0.2) is 33.5 Å². The van der Waals surface area contributed by atoms with E-state index in [0.29, 0.717) is 11.4 Å². The summed E-state index contributed by atoms with van der Waals surface area (Å²) in [4.78, 5) is 18.0. The number of likely N-dealkylation sites (tertiary alicyclic amines) is 1. The van der Waals surface area contributed by atoms with Crippen LogP contribution in [0.15, 0.2) is 60.9 Å². The van der Waals surface area contributed by atoms with E-state index >= 15 is 0 Å². The highest BCUT2D eigenvalue weighted by Gasteiger charge is 2.36. The van der Waals surface area contributed by atoms with Crippen LogP contribution in [0.4, 0.5) is 0 Å². The summed E-state index contributed by atoms with van der Waals surface area (Å²) in [6, 6.07) is 15.3. The number of aromatic nitrogens is 1. The molecule has 1 aliphatic heterocycles. The van der Waals surface area contributed by atoms with Gasteiger partial charge >= 0.3 is 5.97 Å². The van der Waals surface area contributed by atoms with Crippen molar-refractivity contribution in [2.24, 2.45) is 0 Å². The Labute approximate surface area is 157 Å². The number of carboxylic acid groups (broad SMARTS) is 1. The molecule has 4 rings (SSSR count). The highest BCUT2D eigenvalue weighted by Crippen LogP contribution is 2.36. The van der Waals surface area contributed by atoms with Gasteiger partial charge in [0.25, 0.3) is 0 Å². The Bertz CT molecular complexity index is 959. The highest BCUT2D eigenvalue weighted by atomic mass is 35.5. The van der Waals surface area contributed by atoms with Crippen LogP contribution in [0.5, 0.6) is 0 Å². The molecule has 26 heavy (non-hydrogen) atoms. The van der Waals surface area contributed by atoms with Crippen molar-refractivity contribution in [3.63, 3.8) is 0 Å². The molecule has 1 fully saturated rings. The molecular formula is C21H19ClN2O2. The van der Waals surface area contributed by atoms with E-state index in [9.17, 15) is 9.90 Å². The number of pyridine rings is 1. The number of carbonyl (C=O) groups is 1. The van der Waals surface area contributed by atoms with Gasteiger partial charge in [-0.2, -0.15) is 0 Å². The molecule has 3 aromatic rings. The molecule has 0 amide bonds. The van der Waals surface area contributed by atoms with Crippen molar-refractivity contribution in [3.8, 4) is 0 Å². The Hall–Kier alpha value is -2.43. The Kier molecular flexibility index (Phi) is 4.62. The maximum absolute atomic E-state index is 11.8. The number of benzene rings is 2. The second kappa shape index (κ2) is 7.06. The average molecular weight is 367 g/mol. The fourth-order valence-corrected chi connectivity index (χ4v) is 4.09. The first-order chi connectivity index (χ1) is 12.6. The maximum atomic E-state index is 11.8. The molecule has 4 nitrogen and oxygen atoms in total. The van der Waals surface area contributed by atoms with Crippen LogP contribution in [0.1, 0.15) is 30.0 Å². The molecule has 2 heterocycles. The number of aliphatic carboxylic acids is 1. The summed E-state index contributed by atoms with van der Waals surface area (Å²) in [5.74, 6) is -0.764. The third kappa shape index (κ3) is 3.18. The zero-order valence-electron chi connectivity index (χ0n) is 14.2. The first-order valence-corrected chi connectivity index (χ1v) is 9.09. The third-order valence-corrected chi connectivity index (χ3v) is 5.29. The van der Waals surface area contributed by atoms with Crippen molar-refractivity contribution in [1.29, 1.82) is 0 Å². The Morgan fingerprint density at radius 3 is 2.81 bits per heavy atom. The molecule has 0 saturated carbocycles. The van der Waals surface area contributed by atoms with Crippen LogP contribution in [0.25, 0.3) is 10.8 Å². The number of rotatable bonds is 4. The Balaban J connectivity index is 1.85. The minimum absolute atomic E-state index is 0.144. The number of hydrogen-bond donors (Lipinski definition) is 1. The molecule has 1 aromatic heterocycles. The average Bonchev–Trinajstić information content (AvgIpc) is 3.11. The molecule has 2 unspecified atom stereocenters. The SMILES string of the molecule is O=C(O)C1CCCN1C(c1cccc(Cl)c1)c1ccc2cnccc2c1. The lowest BCUT2D eigenvalue weighted by Crippen LogP contribution is -2.39. The van der Waals surface area contributed by atoms with Gasteiger partial charge in [0, 0.05) is 29.3 Å². The van der Waals surface area contributed by atoms with Crippen molar-refractivity contribution in [2.75, 3.05) is 6.54 Å². The monoisotopic (exact) mass is 366 g/mol. The van der Waals surface area contributed by atoms with Gasteiger partial charge in [0.1, 0.15) is 6.04 Å². The lowest BCUT2D eigenvalue weighted by molar-refractivity contribution is -0.142. The molecule has 5 heteroatoms. The van der Waals surface area contributed by atoms with Crippen molar-refractivity contribution in [3.05, 3.63) is 77.1 Å². The first-order valence-electron chi connectivity index (χ1n) is 8.71. The van der Waals surface area contributed by atoms with Crippen LogP contribution >= 0.6 is 11.6 Å². The number of halogens is 1. The van der Waals surface area contributed by atoms with Crippen molar-refractivity contribution < 1.29 is 9.90 Å². The lowest BCUT2D eigenvalue weighted by atomic mass is 9.94. The van der Waals surface area contributed by atoms with E-state index in [0.717, 1.165) is 34.9 Å². The van der Waals surface area contributed by atoms with Crippen LogP contribution in [0, 0.1) is 0 Å². The fourth-order valence-electron chi connectivity index (χ4n) is 3.89. The van der Waals surface area contributed by atoms with Crippen LogP contribution in [0.3, 0.4) is 0 Å².